The largest absolute Gasteiger partial charge is 0.327 e. The summed E-state index contributed by atoms with van der Waals surface area (Å²) in [5.41, 5.74) is 7.87. The summed E-state index contributed by atoms with van der Waals surface area (Å²) in [7, 11) is 0. The van der Waals surface area contributed by atoms with Crippen molar-refractivity contribution in [2.24, 2.45) is 23.5 Å². The number of anilines is 1. The third-order valence-corrected chi connectivity index (χ3v) is 5.07. The van der Waals surface area contributed by atoms with Crippen molar-refractivity contribution in [1.29, 1.82) is 0 Å². The molecular weight excluding hydrogens is 314 g/mol. The Morgan fingerprint density at radius 3 is 2.39 bits per heavy atom. The van der Waals surface area contributed by atoms with Gasteiger partial charge in [0.05, 0.1) is 24.0 Å². The minimum absolute atomic E-state index is 0. The van der Waals surface area contributed by atoms with E-state index in [0.717, 1.165) is 24.2 Å². The zero-order valence-corrected chi connectivity index (χ0v) is 13.4. The number of amides is 1. The van der Waals surface area contributed by atoms with Crippen LogP contribution in [0.2, 0.25) is 0 Å². The van der Waals surface area contributed by atoms with Crippen molar-refractivity contribution in [1.82, 2.24) is 15.0 Å². The first-order chi connectivity index (χ1) is 10.7. The lowest BCUT2D eigenvalue weighted by Gasteiger charge is -2.27. The first kappa shape index (κ1) is 16.0. The summed E-state index contributed by atoms with van der Waals surface area (Å²) in [6.07, 6.45) is 6.70. The van der Waals surface area contributed by atoms with E-state index in [9.17, 15) is 4.79 Å². The van der Waals surface area contributed by atoms with E-state index in [2.05, 4.69) is 15.5 Å². The predicted molar refractivity (Wildman–Crippen MR) is 89.5 cm³/mol. The number of nitrogens with zero attached hydrogens (tertiary/aromatic N) is 3. The van der Waals surface area contributed by atoms with Gasteiger partial charge >= 0.3 is 0 Å². The second kappa shape index (κ2) is 6.29. The third kappa shape index (κ3) is 2.84. The first-order valence-electron chi connectivity index (χ1n) is 7.75. The number of carbonyl (C=O) groups is 1. The minimum atomic E-state index is -0.0359. The summed E-state index contributed by atoms with van der Waals surface area (Å²) in [5, 5.41) is 11.2. The van der Waals surface area contributed by atoms with Gasteiger partial charge in [0, 0.05) is 11.7 Å². The summed E-state index contributed by atoms with van der Waals surface area (Å²) in [5.74, 6) is 1.03. The third-order valence-electron chi connectivity index (χ3n) is 5.07. The lowest BCUT2D eigenvalue weighted by molar-refractivity contribution is -0.121. The van der Waals surface area contributed by atoms with Crippen molar-refractivity contribution >= 4 is 24.0 Å². The lowest BCUT2D eigenvalue weighted by Crippen LogP contribution is -2.42. The highest BCUT2D eigenvalue weighted by atomic mass is 35.5. The number of fused-ring (bicyclic) bond motifs is 2. The van der Waals surface area contributed by atoms with E-state index in [1.165, 1.54) is 11.2 Å². The molecule has 1 amide bonds. The molecule has 2 bridgehead atoms. The molecule has 2 aromatic rings. The van der Waals surface area contributed by atoms with E-state index in [-0.39, 0.29) is 30.3 Å². The van der Waals surface area contributed by atoms with Gasteiger partial charge < -0.3 is 11.1 Å². The molecule has 6 nitrogen and oxygen atoms in total. The first-order valence-corrected chi connectivity index (χ1v) is 7.75. The molecule has 2 fully saturated rings. The summed E-state index contributed by atoms with van der Waals surface area (Å²) in [6.45, 7) is 0. The molecule has 0 saturated heterocycles. The molecule has 2 saturated carbocycles. The maximum absolute atomic E-state index is 12.5. The average molecular weight is 334 g/mol. The Kier molecular flexibility index (Phi) is 4.37. The van der Waals surface area contributed by atoms with Gasteiger partial charge in [-0.1, -0.05) is 0 Å². The Bertz CT molecular complexity index is 670. The number of hydrogen-bond donors (Lipinski definition) is 2. The molecule has 1 heterocycles. The molecule has 4 atom stereocenters. The zero-order valence-electron chi connectivity index (χ0n) is 12.6. The fraction of sp³-hybridized carbons (Fsp3) is 0.438. The van der Waals surface area contributed by atoms with Gasteiger partial charge in [0.1, 0.15) is 0 Å². The fourth-order valence-electron chi connectivity index (χ4n) is 3.98. The van der Waals surface area contributed by atoms with Crippen molar-refractivity contribution in [3.63, 3.8) is 0 Å². The van der Waals surface area contributed by atoms with Crippen LogP contribution in [-0.2, 0) is 4.79 Å². The Balaban J connectivity index is 0.00000156. The fourth-order valence-corrected chi connectivity index (χ4v) is 3.98. The van der Waals surface area contributed by atoms with E-state index in [1.54, 1.807) is 12.4 Å². The maximum Gasteiger partial charge on any atom is 0.229 e. The number of aromatic nitrogens is 3. The lowest BCUT2D eigenvalue weighted by atomic mass is 9.84. The van der Waals surface area contributed by atoms with Crippen LogP contribution in [0.1, 0.15) is 19.3 Å². The van der Waals surface area contributed by atoms with Crippen LogP contribution in [0.15, 0.2) is 36.7 Å². The van der Waals surface area contributed by atoms with Gasteiger partial charge in [0.25, 0.3) is 0 Å². The van der Waals surface area contributed by atoms with E-state index >= 15 is 0 Å². The van der Waals surface area contributed by atoms with Gasteiger partial charge in [-0.3, -0.25) is 4.79 Å². The molecule has 23 heavy (non-hydrogen) atoms. The smallest absolute Gasteiger partial charge is 0.229 e. The number of halogens is 1. The van der Waals surface area contributed by atoms with Crippen LogP contribution in [-0.4, -0.2) is 26.9 Å². The number of hydrogen-bond acceptors (Lipinski definition) is 4. The molecule has 2 aliphatic rings. The van der Waals surface area contributed by atoms with Gasteiger partial charge in [-0.15, -0.1) is 12.4 Å². The molecule has 0 spiro atoms. The molecule has 0 radical (unpaired) electrons. The SMILES string of the molecule is Cl.NC1C2CCC(C2)C1C(=O)Nc1ccc(-n2nccn2)cc1. The van der Waals surface area contributed by atoms with E-state index in [4.69, 9.17) is 5.73 Å². The number of rotatable bonds is 3. The van der Waals surface area contributed by atoms with Gasteiger partial charge in [-0.2, -0.15) is 15.0 Å². The van der Waals surface area contributed by atoms with Gasteiger partial charge in [-0.05, 0) is 55.4 Å². The number of carbonyl (C=O) groups excluding carboxylic acids is 1. The molecule has 3 N–H and O–H groups in total. The van der Waals surface area contributed by atoms with Crippen LogP contribution in [0.3, 0.4) is 0 Å². The number of nitrogens with two attached hydrogens (primary N) is 1. The van der Waals surface area contributed by atoms with E-state index < -0.39 is 0 Å². The van der Waals surface area contributed by atoms with Gasteiger partial charge in [0.2, 0.25) is 5.91 Å². The van der Waals surface area contributed by atoms with Crippen LogP contribution in [0.25, 0.3) is 5.69 Å². The Labute approximate surface area is 140 Å². The molecule has 4 unspecified atom stereocenters. The maximum atomic E-state index is 12.5. The van der Waals surface area contributed by atoms with Crippen molar-refractivity contribution in [2.75, 3.05) is 5.32 Å². The van der Waals surface area contributed by atoms with Crippen LogP contribution < -0.4 is 11.1 Å². The zero-order chi connectivity index (χ0) is 15.1. The predicted octanol–water partition coefficient (Wildman–Crippen LogP) is 2.00. The molecule has 2 aliphatic carbocycles. The van der Waals surface area contributed by atoms with Gasteiger partial charge in [0.15, 0.2) is 0 Å². The minimum Gasteiger partial charge on any atom is -0.327 e. The topological polar surface area (TPSA) is 85.8 Å². The average Bonchev–Trinajstić information content (AvgIpc) is 3.25. The highest BCUT2D eigenvalue weighted by molar-refractivity contribution is 5.93. The standard InChI is InChI=1S/C16H19N5O.ClH/c17-15-11-2-1-10(9-11)14(15)16(22)20-12-3-5-13(6-4-12)21-18-7-8-19-21;/h3-8,10-11,14-15H,1-2,9,17H2,(H,20,22);1H. The highest BCUT2D eigenvalue weighted by Crippen LogP contribution is 2.47. The molecular formula is C16H20ClN5O. The number of nitrogens with one attached hydrogen (secondary N) is 1. The molecule has 0 aliphatic heterocycles. The molecule has 7 heteroatoms. The van der Waals surface area contributed by atoms with E-state index in [1.807, 2.05) is 24.3 Å². The second-order valence-corrected chi connectivity index (χ2v) is 6.29. The summed E-state index contributed by atoms with van der Waals surface area (Å²) >= 11 is 0. The normalized spacial score (nSPS) is 28.4. The second-order valence-electron chi connectivity index (χ2n) is 6.29. The summed E-state index contributed by atoms with van der Waals surface area (Å²) < 4.78 is 0. The molecule has 122 valence electrons. The number of benzene rings is 1. The highest BCUT2D eigenvalue weighted by Gasteiger charge is 2.49. The van der Waals surface area contributed by atoms with E-state index in [0.29, 0.717) is 11.8 Å². The summed E-state index contributed by atoms with van der Waals surface area (Å²) in [6, 6.07) is 7.53. The molecule has 1 aromatic carbocycles. The monoisotopic (exact) mass is 333 g/mol. The quantitative estimate of drug-likeness (QED) is 0.899. The Morgan fingerprint density at radius 1 is 1.13 bits per heavy atom. The van der Waals surface area contributed by atoms with Crippen LogP contribution in [0.5, 0.6) is 0 Å². The molecule has 4 rings (SSSR count). The van der Waals surface area contributed by atoms with Crippen molar-refractivity contribution in [2.45, 2.75) is 25.3 Å². The Morgan fingerprint density at radius 2 is 1.78 bits per heavy atom. The summed E-state index contributed by atoms with van der Waals surface area (Å²) in [4.78, 5) is 14.0. The molecule has 1 aromatic heterocycles. The van der Waals surface area contributed by atoms with Crippen LogP contribution in [0, 0.1) is 17.8 Å². The van der Waals surface area contributed by atoms with Crippen molar-refractivity contribution < 1.29 is 4.79 Å². The van der Waals surface area contributed by atoms with Crippen molar-refractivity contribution in [3.05, 3.63) is 36.7 Å². The van der Waals surface area contributed by atoms with Crippen LogP contribution in [0.4, 0.5) is 5.69 Å². The van der Waals surface area contributed by atoms with Crippen molar-refractivity contribution in [3.8, 4) is 5.69 Å². The Hall–Kier alpha value is -1.92. The van der Waals surface area contributed by atoms with Gasteiger partial charge in [-0.25, -0.2) is 0 Å². The van der Waals surface area contributed by atoms with Crippen LogP contribution >= 0.6 is 12.4 Å².